The molecule has 0 heterocycles. The summed E-state index contributed by atoms with van der Waals surface area (Å²) >= 11 is 2.92. The van der Waals surface area contributed by atoms with Crippen molar-refractivity contribution in [2.45, 2.75) is 105 Å². The summed E-state index contributed by atoms with van der Waals surface area (Å²) in [5.41, 5.74) is 12.1. The van der Waals surface area contributed by atoms with Crippen molar-refractivity contribution < 1.29 is 73.3 Å². The third kappa shape index (κ3) is 19.7. The van der Waals surface area contributed by atoms with Crippen molar-refractivity contribution in [3.05, 3.63) is 311 Å². The first-order valence-electron chi connectivity index (χ1n) is 28.1. The Labute approximate surface area is 534 Å². The Morgan fingerprint density at radius 3 is 0.561 bits per heavy atom. The minimum atomic E-state index is 0. The summed E-state index contributed by atoms with van der Waals surface area (Å²) in [6.07, 6.45) is 0. The Hall–Kier alpha value is -5.71. The van der Waals surface area contributed by atoms with Crippen LogP contribution in [0.1, 0.15) is 128 Å². The molecule has 4 heteroatoms. The van der Waals surface area contributed by atoms with Gasteiger partial charge in [-0.05, 0) is 21.7 Å². The van der Waals surface area contributed by atoms with Gasteiger partial charge in [-0.2, -0.15) is 24.3 Å². The maximum absolute atomic E-state index is 2.29. The summed E-state index contributed by atoms with van der Waals surface area (Å²) in [6.45, 7) is 27.0. The van der Waals surface area contributed by atoms with Crippen molar-refractivity contribution in [3.8, 4) is 0 Å². The molecular formula is C78H80Cl2Zr2-2. The predicted octanol–water partition coefficient (Wildman–Crippen LogP) is 15.0. The molecule has 0 fully saturated rings. The van der Waals surface area contributed by atoms with E-state index in [1.165, 1.54) is 142 Å². The van der Waals surface area contributed by atoms with Gasteiger partial charge in [0.1, 0.15) is 0 Å². The average molecular weight is 1270 g/mol. The Bertz CT molecular complexity index is 3180. The Balaban J connectivity index is 0.000000180. The molecule has 0 bridgehead atoms. The zero-order valence-electron chi connectivity index (χ0n) is 50.2. The van der Waals surface area contributed by atoms with Crippen molar-refractivity contribution in [1.29, 1.82) is 0 Å². The topological polar surface area (TPSA) is 0 Å². The van der Waals surface area contributed by atoms with Crippen LogP contribution in [0.5, 0.6) is 0 Å². The number of benzene rings is 8. The first-order valence-corrected chi connectivity index (χ1v) is 30.5. The van der Waals surface area contributed by atoms with Crippen molar-refractivity contribution in [2.24, 2.45) is 0 Å². The van der Waals surface area contributed by atoms with Crippen molar-refractivity contribution in [2.75, 3.05) is 0 Å². The summed E-state index contributed by atoms with van der Waals surface area (Å²) in [5.74, 6) is 0. The summed E-state index contributed by atoms with van der Waals surface area (Å²) < 4.78 is 2.83. The van der Waals surface area contributed by atoms with E-state index in [1.54, 1.807) is 0 Å². The zero-order valence-corrected chi connectivity index (χ0v) is 56.6. The monoisotopic (exact) mass is 1270 g/mol. The molecule has 82 heavy (non-hydrogen) atoms. The molecule has 0 amide bonds. The van der Waals surface area contributed by atoms with Crippen molar-refractivity contribution in [3.63, 3.8) is 0 Å². The molecule has 0 aliphatic rings. The quantitative estimate of drug-likeness (QED) is 0.154. The van der Waals surface area contributed by atoms with E-state index in [2.05, 4.69) is 350 Å². The summed E-state index contributed by atoms with van der Waals surface area (Å²) in [5, 5.41) is 10.8. The van der Waals surface area contributed by atoms with Gasteiger partial charge < -0.3 is 24.8 Å². The number of fused-ring (bicyclic) bond motifs is 4. The molecule has 0 aliphatic heterocycles. The second kappa shape index (κ2) is 30.7. The van der Waals surface area contributed by atoms with Gasteiger partial charge in [0.15, 0.2) is 0 Å². The van der Waals surface area contributed by atoms with Gasteiger partial charge in [-0.25, -0.2) is 0 Å². The van der Waals surface area contributed by atoms with Gasteiger partial charge in [0.25, 0.3) is 0 Å². The van der Waals surface area contributed by atoms with E-state index in [4.69, 9.17) is 0 Å². The fourth-order valence-electron chi connectivity index (χ4n) is 9.09. The fraction of sp³-hybridized carbons (Fsp3) is 0.205. The van der Waals surface area contributed by atoms with Crippen LogP contribution in [-0.2, 0) is 70.1 Å². The van der Waals surface area contributed by atoms with Crippen LogP contribution in [0, 0.1) is 0 Å². The van der Waals surface area contributed by atoms with Crippen LogP contribution in [0.3, 0.4) is 0 Å². The van der Waals surface area contributed by atoms with E-state index < -0.39 is 0 Å². The molecule has 0 radical (unpaired) electrons. The van der Waals surface area contributed by atoms with E-state index in [1.807, 2.05) is 0 Å². The van der Waals surface area contributed by atoms with Gasteiger partial charge >= 0.3 is 198 Å². The maximum atomic E-state index is 2.29. The molecule has 12 aromatic carbocycles. The van der Waals surface area contributed by atoms with E-state index in [0.29, 0.717) is 0 Å². The Morgan fingerprint density at radius 2 is 0.402 bits per heavy atom. The third-order valence-corrected chi connectivity index (χ3v) is 17.0. The SMILES string of the molecule is CC(C)(C)c1cc2ccccc2[cH-]1.CC(C)(C)c1cc2ccccc2[cH-]1.CC(C)(C)c1cc2ccccc2[cH-]1.CC(C)(C)c1cc2ccccc2[cH-]1.[Cl-].[Cl-].[Zr+2]=[C](c1ccccc1)c1ccccc1.[Zr+2]=[C](c1ccccc1)c1ccccc1. The molecule has 416 valence electrons. The molecule has 12 rings (SSSR count). The zero-order chi connectivity index (χ0) is 57.5. The fourth-order valence-corrected chi connectivity index (χ4v) is 10.7. The average Bonchev–Trinajstić information content (AvgIpc) is 4.35. The molecule has 0 spiro atoms. The molecular weight excluding hydrogens is 1190 g/mol. The molecule has 0 saturated heterocycles. The van der Waals surface area contributed by atoms with Crippen LogP contribution in [0.4, 0.5) is 0 Å². The van der Waals surface area contributed by atoms with Crippen LogP contribution in [0.15, 0.2) is 267 Å². The van der Waals surface area contributed by atoms with Crippen LogP contribution in [0.25, 0.3) is 43.1 Å². The molecule has 0 N–H and O–H groups in total. The van der Waals surface area contributed by atoms with E-state index in [9.17, 15) is 0 Å². The summed E-state index contributed by atoms with van der Waals surface area (Å²) in [4.78, 5) is 0. The van der Waals surface area contributed by atoms with E-state index in [-0.39, 0.29) is 46.5 Å². The first kappa shape index (κ1) is 67.1. The summed E-state index contributed by atoms with van der Waals surface area (Å²) in [7, 11) is 0. The van der Waals surface area contributed by atoms with Crippen LogP contribution < -0.4 is 24.8 Å². The number of rotatable bonds is 4. The minimum absolute atomic E-state index is 0. The van der Waals surface area contributed by atoms with Gasteiger partial charge in [0.05, 0.1) is 0 Å². The van der Waals surface area contributed by atoms with E-state index >= 15 is 0 Å². The molecule has 0 nitrogen and oxygen atoms in total. The molecule has 0 saturated carbocycles. The van der Waals surface area contributed by atoms with Gasteiger partial charge in [-0.1, -0.05) is 107 Å². The Kier molecular flexibility index (Phi) is 25.1. The molecule has 12 aromatic rings. The van der Waals surface area contributed by atoms with Gasteiger partial charge in [-0.3, -0.25) is 0 Å². The Morgan fingerprint density at radius 1 is 0.244 bits per heavy atom. The first-order chi connectivity index (χ1) is 38.0. The van der Waals surface area contributed by atoms with Crippen molar-refractivity contribution >= 4 is 49.5 Å². The van der Waals surface area contributed by atoms with Crippen molar-refractivity contribution in [1.82, 2.24) is 0 Å². The molecule has 0 atom stereocenters. The van der Waals surface area contributed by atoms with Crippen LogP contribution >= 0.6 is 0 Å². The van der Waals surface area contributed by atoms with Crippen LogP contribution in [0.2, 0.25) is 0 Å². The van der Waals surface area contributed by atoms with Gasteiger partial charge in [-0.15, -0.1) is 162 Å². The molecule has 0 aromatic heterocycles. The second-order valence-corrected chi connectivity index (χ2v) is 27.2. The second-order valence-electron chi connectivity index (χ2n) is 24.7. The van der Waals surface area contributed by atoms with Gasteiger partial charge in [0, 0.05) is 0 Å². The predicted molar refractivity (Wildman–Crippen MR) is 345 cm³/mol. The summed E-state index contributed by atoms with van der Waals surface area (Å²) in [6, 6.07) is 94.6. The number of hydrogen-bond donors (Lipinski definition) is 0. The number of hydrogen-bond acceptors (Lipinski definition) is 0. The van der Waals surface area contributed by atoms with Crippen LogP contribution in [-0.4, -0.2) is 6.41 Å². The molecule has 0 unspecified atom stereocenters. The number of halogens is 2. The molecule has 0 aliphatic carbocycles. The normalized spacial score (nSPS) is 11.1. The standard InChI is InChI=1S/4C13H15.2C13H10.2ClH.2Zr/c4*1-13(2,3)12-8-10-6-4-5-7-11(10)9-12;2*1-3-7-12(8-4-1)11-13-9-5-2-6-10-13;;;;/h4*4-9H,1-3H3;2*1-10H;2*1H;;/q4*-1;;;;;2*+2/p-2. The van der Waals surface area contributed by atoms with E-state index in [0.717, 1.165) is 0 Å². The van der Waals surface area contributed by atoms with Gasteiger partial charge in [0.2, 0.25) is 0 Å². The third-order valence-electron chi connectivity index (χ3n) is 14.2.